The van der Waals surface area contributed by atoms with Gasteiger partial charge in [0.25, 0.3) is 0 Å². The van der Waals surface area contributed by atoms with Crippen molar-refractivity contribution in [2.45, 2.75) is 116 Å². The zero-order chi connectivity index (χ0) is 18.6. The highest BCUT2D eigenvalue weighted by Crippen LogP contribution is 2.14. The molecule has 0 aliphatic carbocycles. The first-order chi connectivity index (χ1) is 12.1. The second kappa shape index (κ2) is 21.7. The first-order valence-corrected chi connectivity index (χ1v) is 11.6. The van der Waals surface area contributed by atoms with Gasteiger partial charge in [-0.05, 0) is 12.8 Å². The molecule has 0 aromatic rings. The van der Waals surface area contributed by atoms with Crippen LogP contribution in [0.3, 0.4) is 0 Å². The Morgan fingerprint density at radius 1 is 0.500 bits per heavy atom. The first kappa shape index (κ1) is 28.6. The smallest absolute Gasteiger partial charge is 0.102 e. The third-order valence-corrected chi connectivity index (χ3v) is 5.57. The summed E-state index contributed by atoms with van der Waals surface area (Å²) in [6.07, 6.45) is 24.4. The Morgan fingerprint density at radius 3 is 1.12 bits per heavy atom. The fraction of sp³-hybridized carbons (Fsp3) is 1.00. The number of halogens is 1. The van der Waals surface area contributed by atoms with E-state index in [1.54, 1.807) is 0 Å². The summed E-state index contributed by atoms with van der Waals surface area (Å²) in [4.78, 5) is 0. The summed E-state index contributed by atoms with van der Waals surface area (Å²) in [7, 11) is 4.45. The van der Waals surface area contributed by atoms with E-state index in [1.807, 2.05) is 0 Å². The molecule has 1 N–H and O–H groups in total. The quantitative estimate of drug-likeness (QED) is 0.228. The molecular formula is C23H50BrNO. The molecule has 0 radical (unpaired) electrons. The number of likely N-dealkylation sites (N-methyl/N-ethyl adjacent to an activating group) is 1. The molecule has 0 aliphatic rings. The van der Waals surface area contributed by atoms with Crippen LogP contribution < -0.4 is 17.0 Å². The summed E-state index contributed by atoms with van der Waals surface area (Å²) in [5, 5.41) is 9.03. The lowest BCUT2D eigenvalue weighted by Crippen LogP contribution is -3.00. The summed E-state index contributed by atoms with van der Waals surface area (Å²) in [6.45, 7) is 4.70. The Kier molecular flexibility index (Phi) is 23.9. The van der Waals surface area contributed by atoms with Gasteiger partial charge >= 0.3 is 0 Å². The van der Waals surface area contributed by atoms with Gasteiger partial charge in [0.1, 0.15) is 6.54 Å². The minimum absolute atomic E-state index is 0. The van der Waals surface area contributed by atoms with Gasteiger partial charge in [0.05, 0.1) is 27.2 Å². The molecule has 0 fully saturated rings. The van der Waals surface area contributed by atoms with E-state index >= 15 is 0 Å². The average Bonchev–Trinajstić information content (AvgIpc) is 2.57. The molecule has 0 unspecified atom stereocenters. The summed E-state index contributed by atoms with van der Waals surface area (Å²) in [5.41, 5.74) is 0. The highest BCUT2D eigenvalue weighted by Gasteiger charge is 2.12. The van der Waals surface area contributed by atoms with Gasteiger partial charge in [-0.2, -0.15) is 0 Å². The molecule has 0 bridgehead atoms. The van der Waals surface area contributed by atoms with Gasteiger partial charge in [-0.3, -0.25) is 0 Å². The molecule has 2 nitrogen and oxygen atoms in total. The van der Waals surface area contributed by atoms with Crippen LogP contribution in [0.15, 0.2) is 0 Å². The monoisotopic (exact) mass is 435 g/mol. The average molecular weight is 437 g/mol. The maximum absolute atomic E-state index is 9.03. The van der Waals surface area contributed by atoms with Crippen LogP contribution in [-0.4, -0.2) is 43.4 Å². The lowest BCUT2D eigenvalue weighted by Gasteiger charge is -2.28. The highest BCUT2D eigenvalue weighted by atomic mass is 79.9. The highest BCUT2D eigenvalue weighted by molar-refractivity contribution is 4.50. The molecule has 0 aromatic heterocycles. The van der Waals surface area contributed by atoms with Crippen molar-refractivity contribution in [3.05, 3.63) is 0 Å². The van der Waals surface area contributed by atoms with Gasteiger partial charge in [0.15, 0.2) is 0 Å². The fourth-order valence-electron chi connectivity index (χ4n) is 3.65. The van der Waals surface area contributed by atoms with E-state index in [4.69, 9.17) is 5.11 Å². The number of nitrogens with zero attached hydrogens (tertiary/aromatic N) is 1. The molecule has 0 saturated heterocycles. The van der Waals surface area contributed by atoms with E-state index in [0.29, 0.717) is 6.61 Å². The molecule has 3 heteroatoms. The summed E-state index contributed by atoms with van der Waals surface area (Å²) >= 11 is 0. The van der Waals surface area contributed by atoms with Crippen molar-refractivity contribution in [3.8, 4) is 0 Å². The fourth-order valence-corrected chi connectivity index (χ4v) is 3.65. The van der Waals surface area contributed by atoms with Crippen LogP contribution in [0.2, 0.25) is 0 Å². The number of unbranched alkanes of at least 4 members (excludes halogenated alkanes) is 16. The Labute approximate surface area is 176 Å². The van der Waals surface area contributed by atoms with E-state index in [1.165, 1.54) is 116 Å². The van der Waals surface area contributed by atoms with Crippen molar-refractivity contribution in [2.24, 2.45) is 0 Å². The third kappa shape index (κ3) is 22.4. The van der Waals surface area contributed by atoms with Crippen molar-refractivity contribution in [2.75, 3.05) is 33.8 Å². The van der Waals surface area contributed by atoms with Crippen LogP contribution in [0, 0.1) is 0 Å². The minimum atomic E-state index is 0. The van der Waals surface area contributed by atoms with E-state index in [0.717, 1.165) is 11.0 Å². The molecule has 0 atom stereocenters. The van der Waals surface area contributed by atoms with E-state index in [-0.39, 0.29) is 17.0 Å². The van der Waals surface area contributed by atoms with Crippen molar-refractivity contribution in [1.82, 2.24) is 0 Å². The SMILES string of the molecule is CCCCCCCCCCCCCCCCCCC[N+](C)(C)CCO.[Br-]. The standard InChI is InChI=1S/C23H50NO.BrH/c1-4-5-6-7-8-9-10-11-12-13-14-15-16-17-18-19-20-21-24(2,3)22-23-25;/h25H,4-23H2,1-3H3;1H/q+1;/p-1. The number of aliphatic hydroxyl groups is 1. The minimum Gasteiger partial charge on any atom is -1.00 e. The third-order valence-electron chi connectivity index (χ3n) is 5.57. The Bertz CT molecular complexity index is 259. The van der Waals surface area contributed by atoms with Crippen LogP contribution in [-0.2, 0) is 0 Å². The number of hydrogen-bond acceptors (Lipinski definition) is 1. The molecule has 0 spiro atoms. The van der Waals surface area contributed by atoms with Crippen LogP contribution in [0.4, 0.5) is 0 Å². The van der Waals surface area contributed by atoms with Crippen molar-refractivity contribution >= 4 is 0 Å². The lowest BCUT2D eigenvalue weighted by molar-refractivity contribution is -0.890. The molecular weight excluding hydrogens is 386 g/mol. The topological polar surface area (TPSA) is 20.2 Å². The van der Waals surface area contributed by atoms with E-state index in [2.05, 4.69) is 21.0 Å². The normalized spacial score (nSPS) is 11.5. The predicted octanol–water partition coefficient (Wildman–Crippen LogP) is 3.71. The first-order valence-electron chi connectivity index (χ1n) is 11.6. The van der Waals surface area contributed by atoms with E-state index < -0.39 is 0 Å². The summed E-state index contributed by atoms with van der Waals surface area (Å²) in [5.74, 6) is 0. The van der Waals surface area contributed by atoms with Crippen LogP contribution >= 0.6 is 0 Å². The van der Waals surface area contributed by atoms with Gasteiger partial charge in [-0.15, -0.1) is 0 Å². The van der Waals surface area contributed by atoms with Gasteiger partial charge in [0.2, 0.25) is 0 Å². The Morgan fingerprint density at radius 2 is 0.808 bits per heavy atom. The predicted molar refractivity (Wildman–Crippen MR) is 113 cm³/mol. The van der Waals surface area contributed by atoms with Gasteiger partial charge < -0.3 is 26.6 Å². The maximum atomic E-state index is 9.03. The van der Waals surface area contributed by atoms with Crippen molar-refractivity contribution in [1.29, 1.82) is 0 Å². The number of rotatable bonds is 20. The molecule has 26 heavy (non-hydrogen) atoms. The zero-order valence-corrected chi connectivity index (χ0v) is 20.0. The Balaban J connectivity index is 0. The van der Waals surface area contributed by atoms with E-state index in [9.17, 15) is 0 Å². The van der Waals surface area contributed by atoms with Gasteiger partial charge in [0, 0.05) is 0 Å². The lowest BCUT2D eigenvalue weighted by atomic mass is 10.0. The zero-order valence-electron chi connectivity index (χ0n) is 18.4. The van der Waals surface area contributed by atoms with Crippen LogP contribution in [0.1, 0.15) is 116 Å². The molecule has 0 rings (SSSR count). The molecule has 0 saturated carbocycles. The second-order valence-electron chi connectivity index (χ2n) is 8.76. The van der Waals surface area contributed by atoms with Crippen LogP contribution in [0.5, 0.6) is 0 Å². The summed E-state index contributed by atoms with van der Waals surface area (Å²) < 4.78 is 0.968. The molecule has 0 heterocycles. The molecule has 0 amide bonds. The maximum Gasteiger partial charge on any atom is 0.102 e. The number of aliphatic hydroxyl groups excluding tert-OH is 1. The van der Waals surface area contributed by atoms with Crippen LogP contribution in [0.25, 0.3) is 0 Å². The second-order valence-corrected chi connectivity index (χ2v) is 8.76. The summed E-state index contributed by atoms with van der Waals surface area (Å²) in [6, 6.07) is 0. The molecule has 0 aromatic carbocycles. The van der Waals surface area contributed by atoms with Gasteiger partial charge in [-0.25, -0.2) is 0 Å². The van der Waals surface area contributed by atoms with Gasteiger partial charge in [-0.1, -0.05) is 103 Å². The van der Waals surface area contributed by atoms with Crippen molar-refractivity contribution < 1.29 is 26.6 Å². The number of hydrogen-bond donors (Lipinski definition) is 1. The molecule has 0 aliphatic heterocycles. The largest absolute Gasteiger partial charge is 1.00 e. The Hall–Kier alpha value is 0.400. The van der Waals surface area contributed by atoms with Crippen molar-refractivity contribution in [3.63, 3.8) is 0 Å². The molecule has 160 valence electrons. The number of quaternary nitrogens is 1.